The Morgan fingerprint density at radius 3 is 2.46 bits per heavy atom. The molecule has 5 heteroatoms. The van der Waals surface area contributed by atoms with Crippen LogP contribution in [0, 0.1) is 0 Å². The third kappa shape index (κ3) is 2.42. The first-order valence-electron chi connectivity index (χ1n) is 7.46. The number of aromatic nitrogens is 3. The Hall–Kier alpha value is -3.47. The van der Waals surface area contributed by atoms with Gasteiger partial charge in [0.1, 0.15) is 5.69 Å². The highest BCUT2D eigenvalue weighted by molar-refractivity contribution is 5.95. The molecule has 1 heterocycles. The Bertz CT molecular complexity index is 1030. The highest BCUT2D eigenvalue weighted by Crippen LogP contribution is 2.27. The van der Waals surface area contributed by atoms with Crippen LogP contribution >= 0.6 is 0 Å². The van der Waals surface area contributed by atoms with E-state index in [-0.39, 0.29) is 5.56 Å². The van der Waals surface area contributed by atoms with Crippen LogP contribution in [0.15, 0.2) is 72.9 Å². The minimum atomic E-state index is -0.948. The normalized spacial score (nSPS) is 10.8. The number of benzene rings is 3. The molecule has 0 unspecified atom stereocenters. The summed E-state index contributed by atoms with van der Waals surface area (Å²) in [4.78, 5) is 10.9. The van der Waals surface area contributed by atoms with Gasteiger partial charge in [-0.3, -0.25) is 0 Å². The summed E-state index contributed by atoms with van der Waals surface area (Å²) in [5.74, 6) is -0.948. The van der Waals surface area contributed by atoms with Crippen molar-refractivity contribution in [2.45, 2.75) is 0 Å². The minimum absolute atomic E-state index is 0.244. The molecular weight excluding hydrogens is 302 g/mol. The molecule has 0 saturated heterocycles. The molecule has 0 radical (unpaired) electrons. The molecule has 0 aliphatic heterocycles. The molecule has 1 N–H and O–H groups in total. The lowest BCUT2D eigenvalue weighted by molar-refractivity contribution is 0.0697. The topological polar surface area (TPSA) is 68.0 Å². The van der Waals surface area contributed by atoms with E-state index in [4.69, 9.17) is 5.11 Å². The lowest BCUT2D eigenvalue weighted by atomic mass is 10.0. The summed E-state index contributed by atoms with van der Waals surface area (Å²) in [5, 5.41) is 19.7. The van der Waals surface area contributed by atoms with Crippen LogP contribution in [0.2, 0.25) is 0 Å². The van der Waals surface area contributed by atoms with Gasteiger partial charge < -0.3 is 5.11 Å². The molecule has 0 aliphatic carbocycles. The van der Waals surface area contributed by atoms with Gasteiger partial charge in [-0.15, -0.1) is 5.10 Å². The molecule has 4 aromatic rings. The third-order valence-corrected chi connectivity index (χ3v) is 3.94. The number of nitrogens with zero attached hydrogens (tertiary/aromatic N) is 3. The van der Waals surface area contributed by atoms with Gasteiger partial charge in [-0.25, -0.2) is 9.48 Å². The van der Waals surface area contributed by atoms with Crippen molar-refractivity contribution < 1.29 is 9.90 Å². The van der Waals surface area contributed by atoms with Crippen molar-refractivity contribution in [2.24, 2.45) is 0 Å². The average Bonchev–Trinajstić information content (AvgIpc) is 3.11. The molecule has 116 valence electrons. The van der Waals surface area contributed by atoms with Gasteiger partial charge in [-0.2, -0.15) is 0 Å². The van der Waals surface area contributed by atoms with Gasteiger partial charge in [0, 0.05) is 5.56 Å². The molecule has 1 aromatic heterocycles. The second kappa shape index (κ2) is 5.62. The Kier molecular flexibility index (Phi) is 3.31. The van der Waals surface area contributed by atoms with Gasteiger partial charge in [0.05, 0.1) is 17.4 Å². The molecule has 0 aliphatic rings. The summed E-state index contributed by atoms with van der Waals surface area (Å²) in [6.07, 6.45) is 1.84. The van der Waals surface area contributed by atoms with Crippen molar-refractivity contribution in [3.8, 4) is 16.9 Å². The molecule has 4 rings (SSSR count). The first-order valence-corrected chi connectivity index (χ1v) is 7.46. The van der Waals surface area contributed by atoms with E-state index in [1.54, 1.807) is 28.9 Å². The van der Waals surface area contributed by atoms with Crippen LogP contribution in [0.25, 0.3) is 27.7 Å². The first-order chi connectivity index (χ1) is 11.7. The monoisotopic (exact) mass is 315 g/mol. The van der Waals surface area contributed by atoms with Gasteiger partial charge >= 0.3 is 5.97 Å². The van der Waals surface area contributed by atoms with E-state index < -0.39 is 5.97 Å². The van der Waals surface area contributed by atoms with Crippen LogP contribution in [0.5, 0.6) is 0 Å². The summed E-state index contributed by atoms with van der Waals surface area (Å²) in [6.45, 7) is 0. The zero-order valence-electron chi connectivity index (χ0n) is 12.6. The predicted molar refractivity (Wildman–Crippen MR) is 91.3 cm³/mol. The van der Waals surface area contributed by atoms with Crippen LogP contribution in [-0.2, 0) is 0 Å². The van der Waals surface area contributed by atoms with Crippen molar-refractivity contribution >= 4 is 16.7 Å². The highest BCUT2D eigenvalue weighted by atomic mass is 16.4. The summed E-state index contributed by atoms with van der Waals surface area (Å²) < 4.78 is 1.64. The van der Waals surface area contributed by atoms with E-state index in [1.165, 1.54) is 0 Å². The largest absolute Gasteiger partial charge is 0.478 e. The molecule has 0 spiro atoms. The number of hydrogen-bond acceptors (Lipinski definition) is 3. The molecule has 3 aromatic carbocycles. The Balaban J connectivity index is 1.75. The van der Waals surface area contributed by atoms with Gasteiger partial charge in [0.25, 0.3) is 0 Å². The van der Waals surface area contributed by atoms with Crippen molar-refractivity contribution in [2.75, 3.05) is 0 Å². The quantitative estimate of drug-likeness (QED) is 0.624. The molecule has 0 amide bonds. The molecule has 0 fully saturated rings. The number of aromatic carboxylic acids is 1. The first kappa shape index (κ1) is 14.1. The van der Waals surface area contributed by atoms with E-state index in [2.05, 4.69) is 28.5 Å². The SMILES string of the molecule is O=C(O)c1ccc(-n2cc(-c3cccc4ccccc34)nn2)cc1. The maximum absolute atomic E-state index is 10.9. The third-order valence-electron chi connectivity index (χ3n) is 3.94. The van der Waals surface area contributed by atoms with Crippen molar-refractivity contribution in [1.82, 2.24) is 15.0 Å². The molecule has 0 atom stereocenters. The Morgan fingerprint density at radius 2 is 1.67 bits per heavy atom. The maximum atomic E-state index is 10.9. The number of carboxylic acids is 1. The second-order valence-electron chi connectivity index (χ2n) is 5.43. The van der Waals surface area contributed by atoms with Gasteiger partial charge in [-0.1, -0.05) is 47.7 Å². The fourth-order valence-electron chi connectivity index (χ4n) is 2.72. The second-order valence-corrected chi connectivity index (χ2v) is 5.43. The van der Waals surface area contributed by atoms with Crippen LogP contribution in [-0.4, -0.2) is 26.1 Å². The lowest BCUT2D eigenvalue weighted by Gasteiger charge is -2.03. The van der Waals surface area contributed by atoms with Gasteiger partial charge in [-0.05, 0) is 35.0 Å². The summed E-state index contributed by atoms with van der Waals surface area (Å²) in [5.41, 5.74) is 2.79. The van der Waals surface area contributed by atoms with Crippen LogP contribution in [0.1, 0.15) is 10.4 Å². The number of hydrogen-bond donors (Lipinski definition) is 1. The van der Waals surface area contributed by atoms with E-state index in [1.807, 2.05) is 30.5 Å². The van der Waals surface area contributed by atoms with E-state index >= 15 is 0 Å². The fraction of sp³-hybridized carbons (Fsp3) is 0. The lowest BCUT2D eigenvalue weighted by Crippen LogP contribution is -1.98. The highest BCUT2D eigenvalue weighted by Gasteiger charge is 2.09. The molecular formula is C19H13N3O2. The van der Waals surface area contributed by atoms with Crippen molar-refractivity contribution in [1.29, 1.82) is 0 Å². The summed E-state index contributed by atoms with van der Waals surface area (Å²) in [7, 11) is 0. The Labute approximate surface area is 137 Å². The standard InChI is InChI=1S/C19H13N3O2/c23-19(24)14-8-10-15(11-9-14)22-12-18(20-21-22)17-7-3-5-13-4-1-2-6-16(13)17/h1-12H,(H,23,24). The van der Waals surface area contributed by atoms with Crippen LogP contribution in [0.3, 0.4) is 0 Å². The number of carbonyl (C=O) groups is 1. The zero-order valence-corrected chi connectivity index (χ0v) is 12.6. The molecule has 5 nitrogen and oxygen atoms in total. The van der Waals surface area contributed by atoms with Crippen molar-refractivity contribution in [3.63, 3.8) is 0 Å². The van der Waals surface area contributed by atoms with Crippen molar-refractivity contribution in [3.05, 3.63) is 78.5 Å². The van der Waals surface area contributed by atoms with Gasteiger partial charge in [0.2, 0.25) is 0 Å². The number of fused-ring (bicyclic) bond motifs is 1. The summed E-state index contributed by atoms with van der Waals surface area (Å²) >= 11 is 0. The van der Waals surface area contributed by atoms with Gasteiger partial charge in [0.15, 0.2) is 0 Å². The van der Waals surface area contributed by atoms with Crippen LogP contribution < -0.4 is 0 Å². The average molecular weight is 315 g/mol. The Morgan fingerprint density at radius 1 is 0.917 bits per heavy atom. The predicted octanol–water partition coefficient (Wildman–Crippen LogP) is 3.79. The molecule has 24 heavy (non-hydrogen) atoms. The maximum Gasteiger partial charge on any atom is 0.335 e. The fourth-order valence-corrected chi connectivity index (χ4v) is 2.72. The molecule has 0 bridgehead atoms. The van der Waals surface area contributed by atoms with E-state index in [0.717, 1.165) is 27.7 Å². The number of rotatable bonds is 3. The summed E-state index contributed by atoms with van der Waals surface area (Å²) in [6, 6.07) is 20.7. The zero-order chi connectivity index (χ0) is 16.5. The smallest absolute Gasteiger partial charge is 0.335 e. The molecule has 0 saturated carbocycles. The van der Waals surface area contributed by atoms with E-state index in [9.17, 15) is 4.79 Å². The van der Waals surface area contributed by atoms with Crippen LogP contribution in [0.4, 0.5) is 0 Å². The van der Waals surface area contributed by atoms with E-state index in [0.29, 0.717) is 0 Å². The number of carboxylic acid groups (broad SMARTS) is 1. The minimum Gasteiger partial charge on any atom is -0.478 e.